The minimum atomic E-state index is -2.88. The molecule has 0 spiro atoms. The normalized spacial score (nSPS) is 12.1. The molecule has 0 aliphatic rings. The van der Waals surface area contributed by atoms with Gasteiger partial charge in [0.2, 0.25) is 5.91 Å². The Morgan fingerprint density at radius 3 is 2.52 bits per heavy atom. The molecule has 0 bridgehead atoms. The molecule has 0 radical (unpaired) electrons. The molecule has 2 aromatic rings. The summed E-state index contributed by atoms with van der Waals surface area (Å²) in [7, 11) is 1.74. The summed E-state index contributed by atoms with van der Waals surface area (Å²) < 4.78 is 28.6. The van der Waals surface area contributed by atoms with E-state index in [0.29, 0.717) is 12.2 Å². The van der Waals surface area contributed by atoms with E-state index in [4.69, 9.17) is 0 Å². The fraction of sp³-hybridized carbons (Fsp3) is 0.278. The second-order valence-electron chi connectivity index (χ2n) is 5.91. The zero-order valence-electron chi connectivity index (χ0n) is 14.8. The van der Waals surface area contributed by atoms with Crippen LogP contribution in [-0.2, 0) is 11.3 Å². The Kier molecular flexibility index (Phi) is 6.78. The SMILES string of the molecule is CC(C(=O)Nc1cccc([N+](=O)[O-])c1)N(C)Cc1ccc(OC(F)F)cc1. The van der Waals surface area contributed by atoms with Gasteiger partial charge in [-0.2, -0.15) is 8.78 Å². The van der Waals surface area contributed by atoms with Crippen molar-refractivity contribution in [3.05, 3.63) is 64.2 Å². The van der Waals surface area contributed by atoms with Crippen LogP contribution in [0.15, 0.2) is 48.5 Å². The van der Waals surface area contributed by atoms with Gasteiger partial charge in [0, 0.05) is 24.4 Å². The van der Waals surface area contributed by atoms with Gasteiger partial charge < -0.3 is 10.1 Å². The molecule has 0 saturated heterocycles. The van der Waals surface area contributed by atoms with Crippen molar-refractivity contribution < 1.29 is 23.2 Å². The number of nitrogens with zero attached hydrogens (tertiary/aromatic N) is 2. The summed E-state index contributed by atoms with van der Waals surface area (Å²) in [4.78, 5) is 24.4. The molecule has 0 aliphatic heterocycles. The van der Waals surface area contributed by atoms with Gasteiger partial charge in [0.25, 0.3) is 5.69 Å². The number of nitro benzene ring substituents is 1. The number of carbonyl (C=O) groups excluding carboxylic acids is 1. The standard InChI is InChI=1S/C18H19F2N3O4/c1-12(17(24)21-14-4-3-5-15(10-14)23(25)26)22(2)11-13-6-8-16(9-7-13)27-18(19)20/h3-10,12,18H,11H2,1-2H3,(H,21,24). The Hall–Kier alpha value is -3.07. The van der Waals surface area contributed by atoms with Crippen LogP contribution < -0.4 is 10.1 Å². The van der Waals surface area contributed by atoms with Crippen LogP contribution in [0.5, 0.6) is 5.75 Å². The Bertz CT molecular complexity index is 799. The molecule has 1 unspecified atom stereocenters. The quantitative estimate of drug-likeness (QED) is 0.559. The van der Waals surface area contributed by atoms with Crippen LogP contribution in [0.4, 0.5) is 20.2 Å². The van der Waals surface area contributed by atoms with Crippen molar-refractivity contribution in [3.8, 4) is 5.75 Å². The number of likely N-dealkylation sites (N-methyl/N-ethyl adjacent to an activating group) is 1. The van der Waals surface area contributed by atoms with Gasteiger partial charge in [-0.3, -0.25) is 19.8 Å². The summed E-state index contributed by atoms with van der Waals surface area (Å²) >= 11 is 0. The first-order valence-electron chi connectivity index (χ1n) is 8.05. The molecule has 2 rings (SSSR count). The van der Waals surface area contributed by atoms with E-state index in [9.17, 15) is 23.7 Å². The summed E-state index contributed by atoms with van der Waals surface area (Å²) in [6.07, 6.45) is 0. The van der Waals surface area contributed by atoms with Crippen LogP contribution >= 0.6 is 0 Å². The Labute approximate surface area is 154 Å². The highest BCUT2D eigenvalue weighted by Gasteiger charge is 2.19. The maximum Gasteiger partial charge on any atom is 0.387 e. The van der Waals surface area contributed by atoms with Gasteiger partial charge >= 0.3 is 6.61 Å². The van der Waals surface area contributed by atoms with Crippen LogP contribution in [0.3, 0.4) is 0 Å². The first-order chi connectivity index (χ1) is 12.8. The molecule has 0 saturated carbocycles. The summed E-state index contributed by atoms with van der Waals surface area (Å²) in [5.74, 6) is -0.261. The molecular weight excluding hydrogens is 360 g/mol. The number of anilines is 1. The first-order valence-corrected chi connectivity index (χ1v) is 8.05. The Morgan fingerprint density at radius 2 is 1.93 bits per heavy atom. The number of ether oxygens (including phenoxy) is 1. The average molecular weight is 379 g/mol. The number of alkyl halides is 2. The van der Waals surface area contributed by atoms with Gasteiger partial charge in [-0.15, -0.1) is 0 Å². The molecule has 0 aliphatic carbocycles. The lowest BCUT2D eigenvalue weighted by molar-refractivity contribution is -0.384. The maximum absolute atomic E-state index is 12.4. The second kappa shape index (κ2) is 9.04. The predicted molar refractivity (Wildman–Crippen MR) is 95.7 cm³/mol. The summed E-state index contributed by atoms with van der Waals surface area (Å²) in [6, 6.07) is 11.3. The van der Waals surface area contributed by atoms with Crippen LogP contribution in [-0.4, -0.2) is 35.4 Å². The molecule has 9 heteroatoms. The number of carbonyl (C=O) groups is 1. The van der Waals surface area contributed by atoms with Gasteiger partial charge in [0.15, 0.2) is 0 Å². The van der Waals surface area contributed by atoms with E-state index in [1.165, 1.54) is 30.3 Å². The third-order valence-corrected chi connectivity index (χ3v) is 3.95. The van der Waals surface area contributed by atoms with Crippen LogP contribution in [0.2, 0.25) is 0 Å². The molecule has 2 aromatic carbocycles. The zero-order valence-corrected chi connectivity index (χ0v) is 14.8. The van der Waals surface area contributed by atoms with Crippen molar-refractivity contribution >= 4 is 17.3 Å². The third-order valence-electron chi connectivity index (χ3n) is 3.95. The topological polar surface area (TPSA) is 84.7 Å². The number of halogens is 2. The molecule has 1 atom stereocenters. The van der Waals surface area contributed by atoms with E-state index < -0.39 is 17.6 Å². The number of nitro groups is 1. The van der Waals surface area contributed by atoms with Gasteiger partial charge in [0.1, 0.15) is 5.75 Å². The highest BCUT2D eigenvalue weighted by atomic mass is 19.3. The third kappa shape index (κ3) is 6.00. The van der Waals surface area contributed by atoms with E-state index >= 15 is 0 Å². The van der Waals surface area contributed by atoms with Gasteiger partial charge in [-0.1, -0.05) is 18.2 Å². The number of hydrogen-bond acceptors (Lipinski definition) is 5. The molecule has 1 N–H and O–H groups in total. The van der Waals surface area contributed by atoms with Crippen molar-refractivity contribution in [2.45, 2.75) is 26.1 Å². The lowest BCUT2D eigenvalue weighted by Crippen LogP contribution is -2.39. The smallest absolute Gasteiger partial charge is 0.387 e. The largest absolute Gasteiger partial charge is 0.435 e. The number of hydrogen-bond donors (Lipinski definition) is 1. The summed E-state index contributed by atoms with van der Waals surface area (Å²) in [6.45, 7) is -0.782. The molecule has 1 amide bonds. The Balaban J connectivity index is 1.95. The minimum absolute atomic E-state index is 0.0628. The lowest BCUT2D eigenvalue weighted by Gasteiger charge is -2.24. The van der Waals surface area contributed by atoms with Crippen molar-refractivity contribution in [1.82, 2.24) is 4.90 Å². The average Bonchev–Trinajstić information content (AvgIpc) is 2.62. The predicted octanol–water partition coefficient (Wildman–Crippen LogP) is 3.66. The lowest BCUT2D eigenvalue weighted by atomic mass is 10.1. The summed E-state index contributed by atoms with van der Waals surface area (Å²) in [5, 5.41) is 13.4. The zero-order chi connectivity index (χ0) is 20.0. The maximum atomic E-state index is 12.4. The van der Waals surface area contributed by atoms with Gasteiger partial charge in [-0.05, 0) is 37.7 Å². The number of nitrogens with one attached hydrogen (secondary N) is 1. The molecular formula is C18H19F2N3O4. The molecule has 0 aromatic heterocycles. The second-order valence-corrected chi connectivity index (χ2v) is 5.91. The molecule has 0 heterocycles. The number of benzene rings is 2. The van der Waals surface area contributed by atoms with Gasteiger partial charge in [-0.25, -0.2) is 0 Å². The highest BCUT2D eigenvalue weighted by Crippen LogP contribution is 2.19. The molecule has 0 fully saturated rings. The van der Waals surface area contributed by atoms with Crippen LogP contribution in [0, 0.1) is 10.1 Å². The number of non-ortho nitro benzene ring substituents is 1. The van der Waals surface area contributed by atoms with Crippen LogP contribution in [0.25, 0.3) is 0 Å². The van der Waals surface area contributed by atoms with E-state index in [1.807, 2.05) is 0 Å². The van der Waals surface area contributed by atoms with Gasteiger partial charge in [0.05, 0.1) is 11.0 Å². The van der Waals surface area contributed by atoms with Crippen molar-refractivity contribution in [2.75, 3.05) is 12.4 Å². The molecule has 144 valence electrons. The van der Waals surface area contributed by atoms with Crippen LogP contribution in [0.1, 0.15) is 12.5 Å². The van der Waals surface area contributed by atoms with E-state index in [1.54, 1.807) is 37.1 Å². The van der Waals surface area contributed by atoms with Crippen molar-refractivity contribution in [1.29, 1.82) is 0 Å². The highest BCUT2D eigenvalue weighted by molar-refractivity contribution is 5.94. The minimum Gasteiger partial charge on any atom is -0.435 e. The van der Waals surface area contributed by atoms with E-state index in [0.717, 1.165) is 5.56 Å². The van der Waals surface area contributed by atoms with E-state index in [2.05, 4.69) is 10.1 Å². The fourth-order valence-electron chi connectivity index (χ4n) is 2.35. The monoisotopic (exact) mass is 379 g/mol. The number of amides is 1. The fourth-order valence-corrected chi connectivity index (χ4v) is 2.35. The first kappa shape index (κ1) is 20.2. The number of rotatable bonds is 8. The molecule has 7 nitrogen and oxygen atoms in total. The Morgan fingerprint density at radius 1 is 1.26 bits per heavy atom. The molecule has 27 heavy (non-hydrogen) atoms. The van der Waals surface area contributed by atoms with Crippen molar-refractivity contribution in [2.24, 2.45) is 0 Å². The summed E-state index contributed by atoms with van der Waals surface area (Å²) in [5.41, 5.74) is 1.04. The van der Waals surface area contributed by atoms with Crippen molar-refractivity contribution in [3.63, 3.8) is 0 Å². The van der Waals surface area contributed by atoms with E-state index in [-0.39, 0.29) is 17.3 Å².